The van der Waals surface area contributed by atoms with Gasteiger partial charge in [0.25, 0.3) is 0 Å². The number of hydrogen-bond acceptors (Lipinski definition) is 4. The number of para-hydroxylation sites is 1. The molecule has 0 radical (unpaired) electrons. The minimum atomic E-state index is -0.0460. The molecule has 5 nitrogen and oxygen atoms in total. The summed E-state index contributed by atoms with van der Waals surface area (Å²) in [5.41, 5.74) is 18.0. The number of rotatable bonds is 8. The number of aryl methyl sites for hydroxylation is 1. The number of benzene rings is 8. The van der Waals surface area contributed by atoms with E-state index in [9.17, 15) is 0 Å². The fourth-order valence-electron chi connectivity index (χ4n) is 9.97. The minimum absolute atomic E-state index is 0. The quantitative estimate of drug-likeness (QED) is 0.142. The van der Waals surface area contributed by atoms with Gasteiger partial charge in [-0.1, -0.05) is 183 Å². The Hall–Kier alpha value is -7.20. The van der Waals surface area contributed by atoms with Crippen LogP contribution in [0.25, 0.3) is 61.0 Å². The Balaban J connectivity index is 0.00000611. The Kier molecular flexibility index (Phi) is 12.9. The molecule has 0 N–H and O–H groups in total. The third kappa shape index (κ3) is 9.52. The van der Waals surface area contributed by atoms with E-state index in [2.05, 4.69) is 260 Å². The van der Waals surface area contributed by atoms with E-state index in [-0.39, 0.29) is 37.3 Å². The molecule has 6 heteroatoms. The van der Waals surface area contributed by atoms with Crippen molar-refractivity contribution in [2.75, 3.05) is 9.80 Å². The number of ether oxygens (including phenoxy) is 1. The van der Waals surface area contributed by atoms with Crippen LogP contribution in [-0.2, 0) is 37.3 Å². The van der Waals surface area contributed by atoms with Gasteiger partial charge >= 0.3 is 0 Å². The molecule has 10 aromatic rings. The molecular weight excluding hydrogens is 1070 g/mol. The maximum Gasteiger partial charge on any atom is 0.135 e. The Morgan fingerprint density at radius 1 is 0.493 bits per heavy atom. The van der Waals surface area contributed by atoms with Crippen LogP contribution in [0.5, 0.6) is 11.5 Å². The Morgan fingerprint density at radius 2 is 1.11 bits per heavy atom. The molecule has 73 heavy (non-hydrogen) atoms. The average Bonchev–Trinajstić information content (AvgIpc) is 3.92. The van der Waals surface area contributed by atoms with Gasteiger partial charge in [0.15, 0.2) is 0 Å². The molecule has 0 saturated heterocycles. The van der Waals surface area contributed by atoms with Crippen LogP contribution >= 0.6 is 0 Å². The SMILES string of the molecule is Cc1cc(-n2c3[c-]c(Oc4[c-]c(N5[CH-]N(c6cc(C(C)(C)C)cc(C(C)(C)C)c6)c6c(-c7ccccc7)cccc65)ccc4)ccc3c3cc(-c4ccccc4)ccc32)ncc1-c1ccc(C(C)(C)C)cc1.[Pt]. The van der Waals surface area contributed by atoms with E-state index >= 15 is 0 Å². The summed E-state index contributed by atoms with van der Waals surface area (Å²) in [5, 5.41) is 2.19. The second kappa shape index (κ2) is 19.0. The predicted molar refractivity (Wildman–Crippen MR) is 301 cm³/mol. The second-order valence-corrected chi connectivity index (χ2v) is 22.4. The summed E-state index contributed by atoms with van der Waals surface area (Å²) in [5.74, 6) is 2.00. The summed E-state index contributed by atoms with van der Waals surface area (Å²) in [7, 11) is 0. The number of fused-ring (bicyclic) bond motifs is 4. The number of nitrogens with zero attached hydrogens (tertiary/aromatic N) is 4. The van der Waals surface area contributed by atoms with Gasteiger partial charge in [0, 0.05) is 72.5 Å². The summed E-state index contributed by atoms with van der Waals surface area (Å²) < 4.78 is 9.02. The van der Waals surface area contributed by atoms with Gasteiger partial charge in [-0.3, -0.25) is 0 Å². The summed E-state index contributed by atoms with van der Waals surface area (Å²) in [6, 6.07) is 70.4. The number of anilines is 4. The fourth-order valence-corrected chi connectivity index (χ4v) is 9.97. The molecule has 0 unspecified atom stereocenters. The van der Waals surface area contributed by atoms with Gasteiger partial charge in [0.1, 0.15) is 5.82 Å². The maximum absolute atomic E-state index is 6.80. The fraction of sp³-hybridized carbons (Fsp3) is 0.194. The molecule has 0 spiro atoms. The Morgan fingerprint density at radius 3 is 1.77 bits per heavy atom. The van der Waals surface area contributed by atoms with Crippen molar-refractivity contribution >= 4 is 44.6 Å². The van der Waals surface area contributed by atoms with Crippen LogP contribution in [0, 0.1) is 25.7 Å². The van der Waals surface area contributed by atoms with E-state index in [4.69, 9.17) is 9.72 Å². The number of pyridine rings is 1. The van der Waals surface area contributed by atoms with Crippen LogP contribution in [0.4, 0.5) is 22.7 Å². The van der Waals surface area contributed by atoms with Gasteiger partial charge in [-0.15, -0.1) is 48.1 Å². The van der Waals surface area contributed by atoms with Crippen LogP contribution in [0.3, 0.4) is 0 Å². The molecule has 368 valence electrons. The van der Waals surface area contributed by atoms with Gasteiger partial charge in [-0.05, 0) is 103 Å². The molecule has 1 aliphatic rings. The standard InChI is InChI=1S/C67H61N4O.Pt/c1-44-35-63(68-42-59(44)47-27-30-49(31-28-47)65(2,3)4)71-60-34-29-48(45-19-13-11-14-20-45)36-58(60)57-33-32-55(41-62(57)71)72-54-24-17-23-52(40-54)69-43-70(53-38-50(66(5,6)7)37-51(39-53)67(8,9)10)64-56(25-18-26-61(64)69)46-21-15-12-16-22-46;/h11-39,42-43H,1-10H3;/q-3;. The van der Waals surface area contributed by atoms with Crippen molar-refractivity contribution in [3.63, 3.8) is 0 Å². The van der Waals surface area contributed by atoms with E-state index in [1.165, 1.54) is 22.3 Å². The van der Waals surface area contributed by atoms with Crippen molar-refractivity contribution in [3.8, 4) is 50.7 Å². The Labute approximate surface area is 446 Å². The first kappa shape index (κ1) is 49.4. The molecule has 1 aliphatic heterocycles. The normalized spacial score (nSPS) is 12.8. The van der Waals surface area contributed by atoms with Gasteiger partial charge < -0.3 is 19.1 Å². The van der Waals surface area contributed by atoms with Crippen molar-refractivity contribution in [1.82, 2.24) is 9.55 Å². The van der Waals surface area contributed by atoms with E-state index in [0.29, 0.717) is 11.5 Å². The molecule has 3 heterocycles. The molecule has 11 rings (SSSR count). The molecule has 8 aromatic carbocycles. The monoisotopic (exact) mass is 1130 g/mol. The number of hydrogen-bond donors (Lipinski definition) is 0. The third-order valence-corrected chi connectivity index (χ3v) is 14.1. The molecule has 0 fully saturated rings. The van der Waals surface area contributed by atoms with Crippen molar-refractivity contribution in [1.29, 1.82) is 0 Å². The van der Waals surface area contributed by atoms with E-state index in [1.54, 1.807) is 0 Å². The first-order valence-electron chi connectivity index (χ1n) is 25.1. The van der Waals surface area contributed by atoms with Crippen molar-refractivity contribution < 1.29 is 25.8 Å². The van der Waals surface area contributed by atoms with E-state index < -0.39 is 0 Å². The summed E-state index contributed by atoms with van der Waals surface area (Å²) >= 11 is 0. The third-order valence-electron chi connectivity index (χ3n) is 14.1. The molecule has 2 aromatic heterocycles. The van der Waals surface area contributed by atoms with Gasteiger partial charge in [-0.2, -0.15) is 12.1 Å². The molecule has 0 aliphatic carbocycles. The van der Waals surface area contributed by atoms with Crippen LogP contribution in [0.2, 0.25) is 0 Å². The summed E-state index contributed by atoms with van der Waals surface area (Å²) in [6.45, 7) is 24.9. The van der Waals surface area contributed by atoms with Gasteiger partial charge in [0.05, 0.1) is 0 Å². The zero-order valence-corrected chi connectivity index (χ0v) is 45.7. The molecule has 0 atom stereocenters. The van der Waals surface area contributed by atoms with E-state index in [1.807, 2.05) is 24.4 Å². The minimum Gasteiger partial charge on any atom is -0.509 e. The van der Waals surface area contributed by atoms with Crippen LogP contribution in [0.15, 0.2) is 182 Å². The van der Waals surface area contributed by atoms with Crippen LogP contribution in [-0.4, -0.2) is 9.55 Å². The zero-order chi connectivity index (χ0) is 50.1. The summed E-state index contributed by atoms with van der Waals surface area (Å²) in [4.78, 5) is 9.76. The van der Waals surface area contributed by atoms with Gasteiger partial charge in [-0.25, -0.2) is 4.98 Å². The Bertz CT molecular complexity index is 3620. The predicted octanol–water partition coefficient (Wildman–Crippen LogP) is 18.2. The van der Waals surface area contributed by atoms with Crippen LogP contribution in [0.1, 0.15) is 84.6 Å². The zero-order valence-electron chi connectivity index (χ0n) is 43.4. The largest absolute Gasteiger partial charge is 0.509 e. The topological polar surface area (TPSA) is 33.5 Å². The van der Waals surface area contributed by atoms with E-state index in [0.717, 1.165) is 83.8 Å². The first-order valence-corrected chi connectivity index (χ1v) is 25.1. The smallest absolute Gasteiger partial charge is 0.135 e. The number of aromatic nitrogens is 2. The first-order chi connectivity index (χ1) is 34.5. The molecule has 0 bridgehead atoms. The van der Waals surface area contributed by atoms with Crippen molar-refractivity contribution in [2.24, 2.45) is 0 Å². The molecular formula is C67H61N4OPt-3. The van der Waals surface area contributed by atoms with Crippen LogP contribution < -0.4 is 14.5 Å². The second-order valence-electron chi connectivity index (χ2n) is 22.4. The van der Waals surface area contributed by atoms with Crippen molar-refractivity contribution in [2.45, 2.75) is 85.5 Å². The maximum atomic E-state index is 6.80. The summed E-state index contributed by atoms with van der Waals surface area (Å²) in [6.07, 6.45) is 2.01. The molecule has 0 amide bonds. The van der Waals surface area contributed by atoms with Gasteiger partial charge in [0.2, 0.25) is 0 Å². The molecule has 0 saturated carbocycles. The van der Waals surface area contributed by atoms with Crippen molar-refractivity contribution in [3.05, 3.63) is 223 Å². The average molecular weight is 1130 g/mol.